The van der Waals surface area contributed by atoms with Gasteiger partial charge in [-0.05, 0) is 142 Å². The Kier molecular flexibility index (Phi) is 9.13. The smallest absolute Gasteiger partial charge is 0.265 e. The molecule has 8 nitrogen and oxygen atoms in total. The van der Waals surface area contributed by atoms with Crippen LogP contribution in [0, 0.1) is 0 Å². The minimum atomic E-state index is -0.508. The number of halogens is 2. The van der Waals surface area contributed by atoms with E-state index in [9.17, 15) is 15.0 Å². The van der Waals surface area contributed by atoms with Crippen molar-refractivity contribution < 1.29 is 29.2 Å². The summed E-state index contributed by atoms with van der Waals surface area (Å²) in [5.74, 6) is -0.142. The van der Waals surface area contributed by atoms with Gasteiger partial charge in [0.25, 0.3) is 5.91 Å². The van der Waals surface area contributed by atoms with Crippen molar-refractivity contribution in [3.63, 3.8) is 0 Å². The Bertz CT molecular complexity index is 2910. The van der Waals surface area contributed by atoms with Crippen LogP contribution in [-0.2, 0) is 25.0 Å². The van der Waals surface area contributed by atoms with Gasteiger partial charge in [-0.2, -0.15) is 0 Å². The number of hydrogen-bond acceptors (Lipinski definition) is 6. The molecule has 10 rings (SSSR count). The average molecular weight is 903 g/mol. The highest BCUT2D eigenvalue weighted by Gasteiger charge is 2.46. The van der Waals surface area contributed by atoms with Crippen LogP contribution in [0.15, 0.2) is 88.1 Å². The standard InChI is InChI=1S/C48H42Br2N2O6/c1-56-17-11-47(10-16-53)37-22-29(49)4-6-31(37)35-21-28-9-15-52-44(33(28)24-39(35)47)42-41(26-54)51-14-8-27-20-36-32-7-5-30(50)23-38(32)48(12-18-57-2,13-19-58-3)40(36)25-34(27)45(51)43(42)46(52)55/h4-9,14-15,20-26,53-54H,10-13,16-19H2,1-3H3/b41-26+. The molecule has 294 valence electrons. The van der Waals surface area contributed by atoms with Crippen molar-refractivity contribution in [3.8, 4) is 22.3 Å². The fraction of sp³-hybridized carbons (Fsp3) is 0.271. The molecule has 0 fully saturated rings. The lowest BCUT2D eigenvalue weighted by molar-refractivity contribution is 0.0889. The Morgan fingerprint density at radius 1 is 0.707 bits per heavy atom. The van der Waals surface area contributed by atoms with Crippen molar-refractivity contribution >= 4 is 72.1 Å². The van der Waals surface area contributed by atoms with Crippen LogP contribution >= 0.6 is 31.9 Å². The number of rotatable bonds is 11. The van der Waals surface area contributed by atoms with E-state index in [1.54, 1.807) is 26.2 Å². The van der Waals surface area contributed by atoms with Crippen LogP contribution in [0.2, 0.25) is 0 Å². The summed E-state index contributed by atoms with van der Waals surface area (Å²) in [5, 5.41) is 24.9. The summed E-state index contributed by atoms with van der Waals surface area (Å²) in [6.45, 7) is 1.65. The van der Waals surface area contributed by atoms with Crippen molar-refractivity contribution in [2.75, 3.05) is 47.8 Å². The molecule has 1 amide bonds. The predicted octanol–water partition coefficient (Wildman–Crippen LogP) is 8.54. The lowest BCUT2D eigenvalue weighted by atomic mass is 9.72. The summed E-state index contributed by atoms with van der Waals surface area (Å²) < 4.78 is 21.1. The third kappa shape index (κ3) is 5.09. The highest BCUT2D eigenvalue weighted by atomic mass is 79.9. The Morgan fingerprint density at radius 2 is 1.29 bits per heavy atom. The highest BCUT2D eigenvalue weighted by Crippen LogP contribution is 2.56. The predicted molar refractivity (Wildman–Crippen MR) is 234 cm³/mol. The van der Waals surface area contributed by atoms with Gasteiger partial charge in [0.1, 0.15) is 6.26 Å². The maximum absolute atomic E-state index is 15.0. The molecule has 6 aromatic rings. The van der Waals surface area contributed by atoms with Crippen molar-refractivity contribution in [2.24, 2.45) is 0 Å². The number of nitrogens with zero attached hydrogens (tertiary/aromatic N) is 2. The fourth-order valence-electron chi connectivity index (χ4n) is 10.7. The van der Waals surface area contributed by atoms with Crippen LogP contribution < -0.4 is 10.6 Å². The number of benzene rings is 4. The van der Waals surface area contributed by atoms with Crippen LogP contribution in [0.4, 0.5) is 0 Å². The number of methoxy groups -OCH3 is 3. The van der Waals surface area contributed by atoms with Gasteiger partial charge in [0.15, 0.2) is 0 Å². The molecule has 2 N–H and O–H groups in total. The first-order chi connectivity index (χ1) is 28.2. The van der Waals surface area contributed by atoms with E-state index in [4.69, 9.17) is 14.2 Å². The van der Waals surface area contributed by atoms with E-state index in [-0.39, 0.29) is 12.5 Å². The zero-order valence-corrected chi connectivity index (χ0v) is 35.7. The molecule has 0 spiro atoms. The first-order valence-electron chi connectivity index (χ1n) is 19.6. The normalized spacial score (nSPS) is 18.2. The minimum absolute atomic E-state index is 0.00325. The van der Waals surface area contributed by atoms with E-state index in [2.05, 4.69) is 98.6 Å². The number of ether oxygens (including phenoxy) is 3. The SMILES string of the molecule is COCCC1(CCO)c2cc(Br)ccc2-c2cc3c(cc21)C1=c2c(c4c5cc6c(cc5ccn4/c2=C/O)-c2ccc(Br)cc2C6(CCOC)CCOC)C(=O)N1C=C3. The summed E-state index contributed by atoms with van der Waals surface area (Å²) >= 11 is 7.47. The van der Waals surface area contributed by atoms with Gasteiger partial charge in [0, 0.05) is 96.1 Å². The van der Waals surface area contributed by atoms with Gasteiger partial charge in [-0.15, -0.1) is 0 Å². The van der Waals surface area contributed by atoms with Gasteiger partial charge < -0.3 is 28.8 Å². The number of carbonyl (C=O) groups excluding carboxylic acids is 1. The fourth-order valence-corrected chi connectivity index (χ4v) is 11.5. The number of aliphatic hydroxyl groups excluding tert-OH is 2. The molecule has 10 heteroatoms. The summed E-state index contributed by atoms with van der Waals surface area (Å²) in [6.07, 6.45) is 9.69. The molecule has 58 heavy (non-hydrogen) atoms. The Balaban J connectivity index is 1.26. The molecule has 0 bridgehead atoms. The third-order valence-electron chi connectivity index (χ3n) is 13.3. The van der Waals surface area contributed by atoms with E-state index >= 15 is 0 Å². The largest absolute Gasteiger partial charge is 0.513 e. The second-order valence-corrected chi connectivity index (χ2v) is 17.7. The molecule has 4 aromatic carbocycles. The molecule has 1 atom stereocenters. The van der Waals surface area contributed by atoms with Crippen molar-refractivity contribution in [3.05, 3.63) is 138 Å². The zero-order chi connectivity index (χ0) is 40.1. The van der Waals surface area contributed by atoms with Gasteiger partial charge in [-0.25, -0.2) is 0 Å². The molecule has 0 saturated heterocycles. The maximum Gasteiger partial charge on any atom is 0.265 e. The number of aliphatic hydroxyl groups is 2. The highest BCUT2D eigenvalue weighted by molar-refractivity contribution is 9.10. The van der Waals surface area contributed by atoms with Crippen molar-refractivity contribution in [1.29, 1.82) is 0 Å². The van der Waals surface area contributed by atoms with E-state index in [1.807, 2.05) is 22.9 Å². The van der Waals surface area contributed by atoms with E-state index < -0.39 is 10.8 Å². The lowest BCUT2D eigenvalue weighted by Gasteiger charge is -2.33. The van der Waals surface area contributed by atoms with Crippen LogP contribution in [0.25, 0.3) is 56.6 Å². The van der Waals surface area contributed by atoms with Crippen molar-refractivity contribution in [1.82, 2.24) is 9.30 Å². The minimum Gasteiger partial charge on any atom is -0.513 e. The molecular formula is C48H42Br2N2O6. The molecule has 0 saturated carbocycles. The molecule has 2 aromatic heterocycles. The molecule has 4 aliphatic rings. The van der Waals surface area contributed by atoms with Gasteiger partial charge in [-0.1, -0.05) is 44.0 Å². The summed E-state index contributed by atoms with van der Waals surface area (Å²) in [5.41, 5.74) is 12.3. The van der Waals surface area contributed by atoms with E-state index in [1.165, 1.54) is 22.3 Å². The molecule has 2 aliphatic carbocycles. The van der Waals surface area contributed by atoms with Crippen molar-refractivity contribution in [2.45, 2.75) is 36.5 Å². The van der Waals surface area contributed by atoms with E-state index in [0.29, 0.717) is 48.8 Å². The molecule has 4 heterocycles. The van der Waals surface area contributed by atoms with Gasteiger partial charge in [0.05, 0.1) is 22.1 Å². The average Bonchev–Trinajstić information content (AvgIpc) is 3.89. The number of aromatic nitrogens is 1. The summed E-state index contributed by atoms with van der Waals surface area (Å²) in [6, 6.07) is 24.0. The Hall–Kier alpha value is -4.55. The second kappa shape index (κ2) is 14.0. The number of fused-ring (bicyclic) bond motifs is 14. The lowest BCUT2D eigenvalue weighted by Crippen LogP contribution is -2.31. The van der Waals surface area contributed by atoms with Gasteiger partial charge in [0.2, 0.25) is 0 Å². The third-order valence-corrected chi connectivity index (χ3v) is 14.3. The second-order valence-electron chi connectivity index (χ2n) is 15.9. The topological polar surface area (TPSA) is 92.9 Å². The van der Waals surface area contributed by atoms with Crippen LogP contribution in [0.1, 0.15) is 69.4 Å². The maximum atomic E-state index is 15.0. The number of hydrogen-bond donors (Lipinski definition) is 2. The molecule has 0 radical (unpaired) electrons. The molecule has 2 aliphatic heterocycles. The molecular weight excluding hydrogens is 860 g/mol. The van der Waals surface area contributed by atoms with Crippen LogP contribution in [0.3, 0.4) is 0 Å². The first-order valence-corrected chi connectivity index (χ1v) is 21.2. The monoisotopic (exact) mass is 900 g/mol. The summed E-state index contributed by atoms with van der Waals surface area (Å²) in [7, 11) is 5.19. The van der Waals surface area contributed by atoms with Crippen LogP contribution in [0.5, 0.6) is 0 Å². The quantitative estimate of drug-likeness (QED) is 0.136. The Morgan fingerprint density at radius 3 is 1.90 bits per heavy atom. The Labute approximate surface area is 352 Å². The number of pyridine rings is 1. The van der Waals surface area contributed by atoms with Gasteiger partial charge in [-0.3, -0.25) is 9.69 Å². The summed E-state index contributed by atoms with van der Waals surface area (Å²) in [4.78, 5) is 16.7. The first kappa shape index (κ1) is 37.7. The molecule has 1 unspecified atom stereocenters. The van der Waals surface area contributed by atoms with Gasteiger partial charge >= 0.3 is 0 Å². The van der Waals surface area contributed by atoms with E-state index in [0.717, 1.165) is 83.4 Å². The number of amides is 1. The number of carbonyl (C=O) groups is 1. The van der Waals surface area contributed by atoms with Crippen LogP contribution in [-0.4, -0.2) is 73.2 Å². The zero-order valence-electron chi connectivity index (χ0n) is 32.5.